The Bertz CT molecular complexity index is 397. The minimum atomic E-state index is -0.969. The number of nitrogens with one attached hydrogen (secondary N) is 1. The van der Waals surface area contributed by atoms with E-state index < -0.39 is 12.0 Å². The lowest BCUT2D eigenvalue weighted by atomic mass is 10.2. The van der Waals surface area contributed by atoms with E-state index in [4.69, 9.17) is 9.84 Å². The van der Waals surface area contributed by atoms with Gasteiger partial charge in [0.1, 0.15) is 6.04 Å². The average Bonchev–Trinajstić information content (AvgIpc) is 2.28. The van der Waals surface area contributed by atoms with E-state index in [0.717, 1.165) is 11.4 Å². The molecule has 1 aromatic rings. The SMILES string of the molecule is COCCC(Nc1nnc(C)c(C)n1)C(=O)O. The molecule has 7 heteroatoms. The van der Waals surface area contributed by atoms with Crippen LogP contribution in [0.15, 0.2) is 0 Å². The summed E-state index contributed by atoms with van der Waals surface area (Å²) >= 11 is 0. The summed E-state index contributed by atoms with van der Waals surface area (Å²) in [6.07, 6.45) is 0.335. The number of hydrogen-bond donors (Lipinski definition) is 2. The van der Waals surface area contributed by atoms with Crippen molar-refractivity contribution < 1.29 is 14.6 Å². The van der Waals surface area contributed by atoms with Crippen molar-refractivity contribution in [2.24, 2.45) is 0 Å². The summed E-state index contributed by atoms with van der Waals surface area (Å²) in [5.41, 5.74) is 1.44. The van der Waals surface area contributed by atoms with E-state index in [2.05, 4.69) is 20.5 Å². The monoisotopic (exact) mass is 240 g/mol. The van der Waals surface area contributed by atoms with Gasteiger partial charge < -0.3 is 15.2 Å². The van der Waals surface area contributed by atoms with Crippen molar-refractivity contribution in [2.45, 2.75) is 26.3 Å². The van der Waals surface area contributed by atoms with Crippen LogP contribution in [0.3, 0.4) is 0 Å². The standard InChI is InChI=1S/C10H16N4O3/c1-6-7(2)13-14-10(11-6)12-8(9(15)16)4-5-17-3/h8H,4-5H2,1-3H3,(H,15,16)(H,11,12,14). The second kappa shape index (κ2) is 6.09. The summed E-state index contributed by atoms with van der Waals surface area (Å²) < 4.78 is 4.84. The summed E-state index contributed by atoms with van der Waals surface area (Å²) in [4.78, 5) is 15.1. The highest BCUT2D eigenvalue weighted by molar-refractivity contribution is 5.76. The largest absolute Gasteiger partial charge is 0.480 e. The minimum absolute atomic E-state index is 0.219. The summed E-state index contributed by atoms with van der Waals surface area (Å²) in [6, 6.07) is -0.779. The van der Waals surface area contributed by atoms with E-state index in [0.29, 0.717) is 13.0 Å². The second-order valence-corrected chi connectivity index (χ2v) is 3.62. The number of nitrogens with zero attached hydrogens (tertiary/aromatic N) is 3. The predicted molar refractivity (Wildman–Crippen MR) is 60.8 cm³/mol. The van der Waals surface area contributed by atoms with Gasteiger partial charge >= 0.3 is 5.97 Å². The van der Waals surface area contributed by atoms with Gasteiger partial charge in [-0.3, -0.25) is 0 Å². The summed E-state index contributed by atoms with van der Waals surface area (Å²) in [7, 11) is 1.52. The van der Waals surface area contributed by atoms with Crippen LogP contribution >= 0.6 is 0 Å². The zero-order valence-electron chi connectivity index (χ0n) is 10.1. The molecule has 0 aliphatic heterocycles. The van der Waals surface area contributed by atoms with Crippen molar-refractivity contribution in [2.75, 3.05) is 19.0 Å². The minimum Gasteiger partial charge on any atom is -0.480 e. The van der Waals surface area contributed by atoms with Crippen LogP contribution in [0.25, 0.3) is 0 Å². The van der Waals surface area contributed by atoms with Gasteiger partial charge in [-0.15, -0.1) is 5.10 Å². The first-order valence-electron chi connectivity index (χ1n) is 5.20. The van der Waals surface area contributed by atoms with Crippen LogP contribution in [-0.2, 0) is 9.53 Å². The van der Waals surface area contributed by atoms with Gasteiger partial charge in [-0.05, 0) is 13.8 Å². The summed E-state index contributed by atoms with van der Waals surface area (Å²) in [6.45, 7) is 3.93. The third kappa shape index (κ3) is 3.95. The molecule has 0 amide bonds. The Balaban J connectivity index is 2.71. The van der Waals surface area contributed by atoms with Gasteiger partial charge in [0.25, 0.3) is 0 Å². The molecule has 1 aromatic heterocycles. The number of carboxylic acid groups (broad SMARTS) is 1. The van der Waals surface area contributed by atoms with Crippen LogP contribution in [0.1, 0.15) is 17.8 Å². The highest BCUT2D eigenvalue weighted by Gasteiger charge is 2.18. The van der Waals surface area contributed by atoms with Crippen LogP contribution in [0.5, 0.6) is 0 Å². The summed E-state index contributed by atoms with van der Waals surface area (Å²) in [5.74, 6) is -0.750. The fourth-order valence-corrected chi connectivity index (χ4v) is 1.17. The number of ether oxygens (including phenoxy) is 1. The lowest BCUT2D eigenvalue weighted by Crippen LogP contribution is -2.31. The maximum Gasteiger partial charge on any atom is 0.326 e. The fraction of sp³-hybridized carbons (Fsp3) is 0.600. The lowest BCUT2D eigenvalue weighted by molar-refractivity contribution is -0.138. The van der Waals surface area contributed by atoms with E-state index in [-0.39, 0.29) is 5.95 Å². The fourth-order valence-electron chi connectivity index (χ4n) is 1.17. The van der Waals surface area contributed by atoms with Gasteiger partial charge in [0.15, 0.2) is 0 Å². The molecular formula is C10H16N4O3. The van der Waals surface area contributed by atoms with E-state index in [1.165, 1.54) is 7.11 Å². The molecule has 0 spiro atoms. The normalized spacial score (nSPS) is 12.2. The van der Waals surface area contributed by atoms with E-state index >= 15 is 0 Å². The Morgan fingerprint density at radius 1 is 1.41 bits per heavy atom. The van der Waals surface area contributed by atoms with Crippen LogP contribution in [0, 0.1) is 13.8 Å². The molecule has 1 atom stereocenters. The van der Waals surface area contributed by atoms with Gasteiger partial charge in [-0.1, -0.05) is 0 Å². The first-order valence-corrected chi connectivity index (χ1v) is 5.20. The Morgan fingerprint density at radius 2 is 2.12 bits per heavy atom. The van der Waals surface area contributed by atoms with Crippen molar-refractivity contribution in [1.29, 1.82) is 0 Å². The molecule has 0 aromatic carbocycles. The highest BCUT2D eigenvalue weighted by atomic mass is 16.5. The van der Waals surface area contributed by atoms with E-state index in [9.17, 15) is 4.79 Å². The van der Waals surface area contributed by atoms with Crippen molar-refractivity contribution in [3.63, 3.8) is 0 Å². The third-order valence-electron chi connectivity index (χ3n) is 2.30. The zero-order chi connectivity index (χ0) is 12.8. The maximum atomic E-state index is 11.0. The Morgan fingerprint density at radius 3 is 2.65 bits per heavy atom. The Hall–Kier alpha value is -1.76. The van der Waals surface area contributed by atoms with Gasteiger partial charge in [0, 0.05) is 20.1 Å². The van der Waals surface area contributed by atoms with Crippen LogP contribution < -0.4 is 5.32 Å². The number of methoxy groups -OCH3 is 1. The second-order valence-electron chi connectivity index (χ2n) is 3.62. The lowest BCUT2D eigenvalue weighted by Gasteiger charge is -2.13. The van der Waals surface area contributed by atoms with Crippen molar-refractivity contribution >= 4 is 11.9 Å². The Kier molecular flexibility index (Phi) is 4.77. The third-order valence-corrected chi connectivity index (χ3v) is 2.30. The molecule has 0 aliphatic carbocycles. The van der Waals surface area contributed by atoms with Crippen molar-refractivity contribution in [3.05, 3.63) is 11.4 Å². The molecule has 0 bridgehead atoms. The van der Waals surface area contributed by atoms with Crippen molar-refractivity contribution in [1.82, 2.24) is 15.2 Å². The quantitative estimate of drug-likeness (QED) is 0.742. The van der Waals surface area contributed by atoms with Gasteiger partial charge in [-0.2, -0.15) is 5.10 Å². The average molecular weight is 240 g/mol. The first kappa shape index (κ1) is 13.3. The highest BCUT2D eigenvalue weighted by Crippen LogP contribution is 2.05. The zero-order valence-corrected chi connectivity index (χ0v) is 10.1. The van der Waals surface area contributed by atoms with Gasteiger partial charge in [0.2, 0.25) is 5.95 Å². The van der Waals surface area contributed by atoms with Gasteiger partial charge in [-0.25, -0.2) is 9.78 Å². The molecule has 0 radical (unpaired) electrons. The molecule has 0 fully saturated rings. The molecule has 1 heterocycles. The molecular weight excluding hydrogens is 224 g/mol. The molecule has 2 N–H and O–H groups in total. The van der Waals surface area contributed by atoms with Crippen LogP contribution in [-0.4, -0.2) is 46.0 Å². The maximum absolute atomic E-state index is 11.0. The number of carboxylic acids is 1. The Labute approximate surface area is 99.2 Å². The molecule has 1 unspecified atom stereocenters. The topological polar surface area (TPSA) is 97.2 Å². The predicted octanol–water partition coefficient (Wildman–Crippen LogP) is 0.390. The molecule has 7 nitrogen and oxygen atoms in total. The molecule has 1 rings (SSSR count). The molecule has 0 aliphatic rings. The first-order chi connectivity index (χ1) is 8.04. The number of aryl methyl sites for hydroxylation is 2. The molecule has 17 heavy (non-hydrogen) atoms. The van der Waals surface area contributed by atoms with E-state index in [1.54, 1.807) is 13.8 Å². The number of rotatable bonds is 6. The number of carbonyl (C=O) groups is 1. The van der Waals surface area contributed by atoms with Crippen LogP contribution in [0.4, 0.5) is 5.95 Å². The number of aromatic nitrogens is 3. The van der Waals surface area contributed by atoms with E-state index in [1.807, 2.05) is 0 Å². The smallest absolute Gasteiger partial charge is 0.326 e. The molecule has 0 saturated heterocycles. The van der Waals surface area contributed by atoms with Crippen LogP contribution in [0.2, 0.25) is 0 Å². The molecule has 0 saturated carbocycles. The van der Waals surface area contributed by atoms with Gasteiger partial charge in [0.05, 0.1) is 11.4 Å². The summed E-state index contributed by atoms with van der Waals surface area (Å²) in [5, 5.41) is 19.4. The van der Waals surface area contributed by atoms with Crippen molar-refractivity contribution in [3.8, 4) is 0 Å². The number of aliphatic carboxylic acids is 1. The molecule has 94 valence electrons. The number of hydrogen-bond acceptors (Lipinski definition) is 6. The number of anilines is 1.